The summed E-state index contributed by atoms with van der Waals surface area (Å²) in [5.74, 6) is 1.24. The predicted molar refractivity (Wildman–Crippen MR) is 121 cm³/mol. The zero-order valence-corrected chi connectivity index (χ0v) is 18.0. The molecule has 0 saturated carbocycles. The van der Waals surface area contributed by atoms with Gasteiger partial charge in [0.25, 0.3) is 0 Å². The molecule has 1 N–H and O–H groups in total. The van der Waals surface area contributed by atoms with Crippen molar-refractivity contribution in [3.63, 3.8) is 0 Å². The Morgan fingerprint density at radius 3 is 2.93 bits per heavy atom. The van der Waals surface area contributed by atoms with E-state index < -0.39 is 0 Å². The highest BCUT2D eigenvalue weighted by atomic mass is 32.2. The molecule has 4 heterocycles. The number of amides is 1. The number of aliphatic imine (C=N–C) groups is 1. The van der Waals surface area contributed by atoms with Crippen LogP contribution in [-0.2, 0) is 4.79 Å². The van der Waals surface area contributed by atoms with E-state index in [-0.39, 0.29) is 5.91 Å². The lowest BCUT2D eigenvalue weighted by Crippen LogP contribution is -2.24. The third kappa shape index (κ3) is 3.27. The lowest BCUT2D eigenvalue weighted by molar-refractivity contribution is -0.115. The van der Waals surface area contributed by atoms with E-state index in [1.165, 1.54) is 0 Å². The van der Waals surface area contributed by atoms with Gasteiger partial charge in [-0.2, -0.15) is 9.78 Å². The Morgan fingerprint density at radius 2 is 2.07 bits per heavy atom. The first-order valence-corrected chi connectivity index (χ1v) is 10.8. The zero-order valence-electron chi connectivity index (χ0n) is 17.1. The van der Waals surface area contributed by atoms with Crippen LogP contribution in [0.3, 0.4) is 0 Å². The van der Waals surface area contributed by atoms with E-state index in [2.05, 4.69) is 46.3 Å². The molecular weight excluding hydrogens is 396 g/mol. The molecule has 0 unspecified atom stereocenters. The van der Waals surface area contributed by atoms with Gasteiger partial charge in [0.1, 0.15) is 5.82 Å². The van der Waals surface area contributed by atoms with Gasteiger partial charge in [-0.3, -0.25) is 9.79 Å². The van der Waals surface area contributed by atoms with Crippen molar-refractivity contribution in [3.05, 3.63) is 58.3 Å². The Hall–Kier alpha value is -3.13. The maximum absolute atomic E-state index is 12.8. The molecule has 1 aromatic carbocycles. The largest absolute Gasteiger partial charge is 0.322 e. The molecule has 1 amide bonds. The van der Waals surface area contributed by atoms with Crippen LogP contribution in [-0.4, -0.2) is 43.8 Å². The summed E-state index contributed by atoms with van der Waals surface area (Å²) in [5, 5.41) is 11.7. The first kappa shape index (κ1) is 18.9. The van der Waals surface area contributed by atoms with Gasteiger partial charge in [0, 0.05) is 23.7 Å². The fraction of sp³-hybridized carbons (Fsp3) is 0.273. The second-order valence-corrected chi connectivity index (χ2v) is 8.46. The number of hydrogen-bond donors (Lipinski definition) is 1. The number of benzene rings is 1. The van der Waals surface area contributed by atoms with Crippen LogP contribution in [0.15, 0.2) is 46.4 Å². The number of nitrogens with one attached hydrogen (secondary N) is 1. The number of aryl methyl sites for hydroxylation is 3. The van der Waals surface area contributed by atoms with Gasteiger partial charge < -0.3 is 10.2 Å². The normalized spacial score (nSPS) is 15.4. The van der Waals surface area contributed by atoms with E-state index in [1.54, 1.807) is 16.4 Å². The number of hydrogen-bond acceptors (Lipinski definition) is 6. The van der Waals surface area contributed by atoms with E-state index in [0.29, 0.717) is 18.1 Å². The summed E-state index contributed by atoms with van der Waals surface area (Å²) in [7, 11) is 0. The van der Waals surface area contributed by atoms with Crippen LogP contribution in [0.2, 0.25) is 0 Å². The number of pyridine rings is 1. The minimum atomic E-state index is -0.0789. The first-order chi connectivity index (χ1) is 14.5. The van der Waals surface area contributed by atoms with E-state index in [4.69, 9.17) is 4.98 Å². The third-order valence-corrected chi connectivity index (χ3v) is 6.29. The monoisotopic (exact) mass is 418 g/mol. The fourth-order valence-electron chi connectivity index (χ4n) is 3.88. The second kappa shape index (κ2) is 7.28. The van der Waals surface area contributed by atoms with Crippen molar-refractivity contribution < 1.29 is 4.79 Å². The minimum Gasteiger partial charge on any atom is -0.322 e. The molecule has 0 bridgehead atoms. The van der Waals surface area contributed by atoms with Gasteiger partial charge in [-0.05, 0) is 43.4 Å². The average Bonchev–Trinajstić information content (AvgIpc) is 3.40. The SMILES string of the molecule is Cc1cc(NC(=O)CC2=CSC3=NCCN23)n(-c2cc(C)c3cccc(C)c3n2)n1. The molecule has 0 spiro atoms. The summed E-state index contributed by atoms with van der Waals surface area (Å²) in [5.41, 5.74) is 5.00. The van der Waals surface area contributed by atoms with Gasteiger partial charge in [-0.25, -0.2) is 4.98 Å². The van der Waals surface area contributed by atoms with Crippen molar-refractivity contribution in [2.45, 2.75) is 27.2 Å². The zero-order chi connectivity index (χ0) is 20.8. The number of fused-ring (bicyclic) bond motifs is 2. The molecule has 30 heavy (non-hydrogen) atoms. The number of aromatic nitrogens is 3. The molecule has 0 atom stereocenters. The molecule has 5 rings (SSSR count). The molecule has 0 radical (unpaired) electrons. The highest BCUT2D eigenvalue weighted by Crippen LogP contribution is 2.31. The summed E-state index contributed by atoms with van der Waals surface area (Å²) in [6.45, 7) is 7.67. The molecule has 0 saturated heterocycles. The van der Waals surface area contributed by atoms with Crippen molar-refractivity contribution in [1.82, 2.24) is 19.7 Å². The number of nitrogens with zero attached hydrogens (tertiary/aromatic N) is 5. The van der Waals surface area contributed by atoms with Gasteiger partial charge in [0.2, 0.25) is 5.91 Å². The standard InChI is InChI=1S/C22H22N6OS/c1-13-5-4-6-17-14(2)9-18(25-21(13)17)28-19(10-15(3)26-28)24-20(29)11-16-12-30-22-23-7-8-27(16)22/h4-6,9-10,12H,7-8,11H2,1-3H3,(H,24,29). The first-order valence-electron chi connectivity index (χ1n) is 9.91. The van der Waals surface area contributed by atoms with Crippen LogP contribution in [0.4, 0.5) is 5.82 Å². The highest BCUT2D eigenvalue weighted by Gasteiger charge is 2.27. The molecule has 0 aliphatic carbocycles. The van der Waals surface area contributed by atoms with Crippen molar-refractivity contribution in [3.8, 4) is 5.82 Å². The molecule has 2 aromatic heterocycles. The molecule has 7 nitrogen and oxygen atoms in total. The number of thioether (sulfide) groups is 1. The summed E-state index contributed by atoms with van der Waals surface area (Å²) >= 11 is 1.58. The van der Waals surface area contributed by atoms with E-state index in [9.17, 15) is 4.79 Å². The Kier molecular flexibility index (Phi) is 4.58. The summed E-state index contributed by atoms with van der Waals surface area (Å²) in [6.07, 6.45) is 0.305. The van der Waals surface area contributed by atoms with Crippen molar-refractivity contribution in [1.29, 1.82) is 0 Å². The summed E-state index contributed by atoms with van der Waals surface area (Å²) in [4.78, 5) is 24.2. The van der Waals surface area contributed by atoms with Crippen molar-refractivity contribution >= 4 is 39.6 Å². The lowest BCUT2D eigenvalue weighted by Gasteiger charge is -2.16. The van der Waals surface area contributed by atoms with Crippen LogP contribution >= 0.6 is 11.8 Å². The van der Waals surface area contributed by atoms with Crippen LogP contribution in [0.1, 0.15) is 23.2 Å². The van der Waals surface area contributed by atoms with Crippen LogP contribution in [0.5, 0.6) is 0 Å². The maximum Gasteiger partial charge on any atom is 0.231 e. The molecule has 0 fully saturated rings. The van der Waals surface area contributed by atoms with E-state index >= 15 is 0 Å². The van der Waals surface area contributed by atoms with Gasteiger partial charge in [0.15, 0.2) is 11.0 Å². The number of amidine groups is 1. The Balaban J connectivity index is 1.43. The van der Waals surface area contributed by atoms with Crippen LogP contribution in [0, 0.1) is 20.8 Å². The molecule has 152 valence electrons. The second-order valence-electron chi connectivity index (χ2n) is 7.62. The topological polar surface area (TPSA) is 75.4 Å². The number of carbonyl (C=O) groups is 1. The quantitative estimate of drug-likeness (QED) is 0.695. The molecule has 8 heteroatoms. The van der Waals surface area contributed by atoms with Crippen LogP contribution < -0.4 is 5.32 Å². The molecular formula is C22H22N6OS. The van der Waals surface area contributed by atoms with Crippen molar-refractivity contribution in [2.24, 2.45) is 4.99 Å². The van der Waals surface area contributed by atoms with Gasteiger partial charge in [-0.1, -0.05) is 30.0 Å². The third-order valence-electron chi connectivity index (χ3n) is 5.34. The van der Waals surface area contributed by atoms with Gasteiger partial charge in [0.05, 0.1) is 24.2 Å². The van der Waals surface area contributed by atoms with Crippen molar-refractivity contribution in [2.75, 3.05) is 18.4 Å². The number of carbonyl (C=O) groups excluding carboxylic acids is 1. The van der Waals surface area contributed by atoms with Gasteiger partial charge >= 0.3 is 0 Å². The molecule has 2 aliphatic rings. The number of anilines is 1. The highest BCUT2D eigenvalue weighted by molar-refractivity contribution is 8.16. The summed E-state index contributed by atoms with van der Waals surface area (Å²) < 4.78 is 1.71. The maximum atomic E-state index is 12.8. The number of para-hydroxylation sites is 1. The Bertz CT molecular complexity index is 1240. The lowest BCUT2D eigenvalue weighted by atomic mass is 10.1. The summed E-state index contributed by atoms with van der Waals surface area (Å²) in [6, 6.07) is 10.1. The van der Waals surface area contributed by atoms with Gasteiger partial charge in [-0.15, -0.1) is 0 Å². The minimum absolute atomic E-state index is 0.0789. The Labute approximate surface area is 178 Å². The Morgan fingerprint density at radius 1 is 1.20 bits per heavy atom. The fourth-order valence-corrected chi connectivity index (χ4v) is 4.84. The molecule has 3 aromatic rings. The smallest absolute Gasteiger partial charge is 0.231 e. The predicted octanol–water partition coefficient (Wildman–Crippen LogP) is 3.93. The van der Waals surface area contributed by atoms with Crippen LogP contribution in [0.25, 0.3) is 16.7 Å². The number of rotatable bonds is 4. The average molecular weight is 419 g/mol. The van der Waals surface area contributed by atoms with E-state index in [0.717, 1.165) is 51.7 Å². The molecule has 2 aliphatic heterocycles. The van der Waals surface area contributed by atoms with E-state index in [1.807, 2.05) is 30.5 Å².